The lowest BCUT2D eigenvalue weighted by molar-refractivity contribution is -0.131. The van der Waals surface area contributed by atoms with E-state index in [0.717, 1.165) is 12.8 Å². The number of amides is 1. The van der Waals surface area contributed by atoms with Gasteiger partial charge in [0.15, 0.2) is 0 Å². The van der Waals surface area contributed by atoms with Gasteiger partial charge in [-0.15, -0.1) is 0 Å². The maximum Gasteiger partial charge on any atom is 0.223 e. The van der Waals surface area contributed by atoms with Crippen molar-refractivity contribution in [3.05, 3.63) is 35.4 Å². The van der Waals surface area contributed by atoms with Gasteiger partial charge < -0.3 is 10.6 Å². The fourth-order valence-electron chi connectivity index (χ4n) is 2.05. The highest BCUT2D eigenvalue weighted by Gasteiger charge is 2.17. The summed E-state index contributed by atoms with van der Waals surface area (Å²) in [5, 5.41) is 0. The van der Waals surface area contributed by atoms with Crippen LogP contribution in [0.2, 0.25) is 0 Å². The van der Waals surface area contributed by atoms with E-state index in [0.29, 0.717) is 13.0 Å². The summed E-state index contributed by atoms with van der Waals surface area (Å²) in [7, 11) is 1.88. The zero-order valence-corrected chi connectivity index (χ0v) is 11.6. The van der Waals surface area contributed by atoms with E-state index in [9.17, 15) is 4.79 Å². The maximum atomic E-state index is 11.8. The predicted octanol–water partition coefficient (Wildman–Crippen LogP) is 2.12. The van der Waals surface area contributed by atoms with Crippen molar-refractivity contribution >= 4 is 5.91 Å². The second-order valence-corrected chi connectivity index (χ2v) is 4.80. The zero-order valence-electron chi connectivity index (χ0n) is 11.6. The monoisotopic (exact) mass is 248 g/mol. The van der Waals surface area contributed by atoms with Gasteiger partial charge in [-0.1, -0.05) is 36.8 Å². The highest BCUT2D eigenvalue weighted by molar-refractivity contribution is 5.76. The lowest BCUT2D eigenvalue weighted by Gasteiger charge is -2.27. The van der Waals surface area contributed by atoms with Crippen molar-refractivity contribution in [2.45, 2.75) is 39.2 Å². The van der Waals surface area contributed by atoms with E-state index in [2.05, 4.69) is 38.1 Å². The summed E-state index contributed by atoms with van der Waals surface area (Å²) in [5.41, 5.74) is 7.97. The lowest BCUT2D eigenvalue weighted by atomic mass is 10.0. The quantitative estimate of drug-likeness (QED) is 0.838. The number of nitrogens with two attached hydrogens (primary N) is 1. The van der Waals surface area contributed by atoms with Gasteiger partial charge in [-0.05, 0) is 25.3 Å². The highest BCUT2D eigenvalue weighted by atomic mass is 16.2. The molecular weight excluding hydrogens is 224 g/mol. The summed E-state index contributed by atoms with van der Waals surface area (Å²) in [4.78, 5) is 13.7. The Morgan fingerprint density at radius 1 is 1.33 bits per heavy atom. The number of benzene rings is 1. The SMILES string of the molecule is CC[C@@H](Cc1ccc(C)cc1)N(C)C(=O)CCN. The minimum atomic E-state index is 0.136. The predicted molar refractivity (Wildman–Crippen MR) is 75.4 cm³/mol. The molecule has 0 heterocycles. The second-order valence-electron chi connectivity index (χ2n) is 4.80. The molecule has 0 unspecified atom stereocenters. The van der Waals surface area contributed by atoms with E-state index >= 15 is 0 Å². The van der Waals surface area contributed by atoms with Crippen LogP contribution in [0, 0.1) is 6.92 Å². The Morgan fingerprint density at radius 2 is 1.94 bits per heavy atom. The van der Waals surface area contributed by atoms with Crippen molar-refractivity contribution in [3.8, 4) is 0 Å². The van der Waals surface area contributed by atoms with Gasteiger partial charge in [0.1, 0.15) is 0 Å². The van der Waals surface area contributed by atoms with Crippen LogP contribution in [0.3, 0.4) is 0 Å². The Morgan fingerprint density at radius 3 is 2.44 bits per heavy atom. The molecule has 1 rings (SSSR count). The molecule has 0 aliphatic rings. The third-order valence-corrected chi connectivity index (χ3v) is 3.36. The van der Waals surface area contributed by atoms with Gasteiger partial charge in [0.05, 0.1) is 0 Å². The molecule has 1 aromatic rings. The van der Waals surface area contributed by atoms with Crippen LogP contribution in [0.25, 0.3) is 0 Å². The van der Waals surface area contributed by atoms with Gasteiger partial charge in [-0.25, -0.2) is 0 Å². The molecule has 0 aliphatic heterocycles. The van der Waals surface area contributed by atoms with Crippen LogP contribution in [-0.4, -0.2) is 30.4 Å². The molecule has 0 spiro atoms. The van der Waals surface area contributed by atoms with Gasteiger partial charge >= 0.3 is 0 Å². The Labute approximate surface area is 110 Å². The van der Waals surface area contributed by atoms with Gasteiger partial charge in [0, 0.05) is 26.1 Å². The Bertz CT molecular complexity index is 373. The number of aryl methyl sites for hydroxylation is 1. The molecule has 1 aromatic carbocycles. The maximum absolute atomic E-state index is 11.8. The van der Waals surface area contributed by atoms with E-state index in [1.165, 1.54) is 11.1 Å². The van der Waals surface area contributed by atoms with Crippen molar-refractivity contribution in [1.29, 1.82) is 0 Å². The number of hydrogen-bond donors (Lipinski definition) is 1. The topological polar surface area (TPSA) is 46.3 Å². The Kier molecular flexibility index (Phi) is 5.86. The first-order chi connectivity index (χ1) is 8.58. The van der Waals surface area contributed by atoms with Gasteiger partial charge in [-0.2, -0.15) is 0 Å². The van der Waals surface area contributed by atoms with Gasteiger partial charge in [0.2, 0.25) is 5.91 Å². The van der Waals surface area contributed by atoms with Crippen LogP contribution >= 0.6 is 0 Å². The first-order valence-electron chi connectivity index (χ1n) is 6.59. The first-order valence-corrected chi connectivity index (χ1v) is 6.59. The average Bonchev–Trinajstić information content (AvgIpc) is 2.37. The normalized spacial score (nSPS) is 12.2. The van der Waals surface area contributed by atoms with Crippen LogP contribution in [0.15, 0.2) is 24.3 Å². The molecule has 1 atom stereocenters. The molecule has 0 aromatic heterocycles. The van der Waals surface area contributed by atoms with E-state index in [1.807, 2.05) is 11.9 Å². The molecule has 18 heavy (non-hydrogen) atoms. The fraction of sp³-hybridized carbons (Fsp3) is 0.533. The molecule has 3 heteroatoms. The summed E-state index contributed by atoms with van der Waals surface area (Å²) in [6, 6.07) is 8.76. The molecule has 1 amide bonds. The minimum Gasteiger partial charge on any atom is -0.342 e. The van der Waals surface area contributed by atoms with Crippen LogP contribution < -0.4 is 5.73 Å². The summed E-state index contributed by atoms with van der Waals surface area (Å²) < 4.78 is 0. The third-order valence-electron chi connectivity index (χ3n) is 3.36. The van der Waals surface area contributed by atoms with E-state index in [4.69, 9.17) is 5.73 Å². The molecule has 3 nitrogen and oxygen atoms in total. The number of carbonyl (C=O) groups is 1. The van der Waals surface area contributed by atoms with Crippen molar-refractivity contribution in [2.24, 2.45) is 5.73 Å². The van der Waals surface area contributed by atoms with E-state index in [1.54, 1.807) is 0 Å². The van der Waals surface area contributed by atoms with Gasteiger partial charge in [0.25, 0.3) is 0 Å². The summed E-state index contributed by atoms with van der Waals surface area (Å²) >= 11 is 0. The van der Waals surface area contributed by atoms with Crippen LogP contribution in [0.4, 0.5) is 0 Å². The number of nitrogens with zero attached hydrogens (tertiary/aromatic N) is 1. The molecule has 0 radical (unpaired) electrons. The minimum absolute atomic E-state index is 0.136. The molecule has 0 aliphatic carbocycles. The molecule has 0 bridgehead atoms. The van der Waals surface area contributed by atoms with Crippen LogP contribution in [0.5, 0.6) is 0 Å². The zero-order chi connectivity index (χ0) is 13.5. The molecule has 0 saturated carbocycles. The molecule has 0 fully saturated rings. The number of rotatable bonds is 6. The molecule has 2 N–H and O–H groups in total. The van der Waals surface area contributed by atoms with Gasteiger partial charge in [-0.3, -0.25) is 4.79 Å². The molecular formula is C15H24N2O. The summed E-state index contributed by atoms with van der Waals surface area (Å²) in [6.07, 6.45) is 2.30. The number of carbonyl (C=O) groups excluding carboxylic acids is 1. The van der Waals surface area contributed by atoms with Crippen molar-refractivity contribution in [2.75, 3.05) is 13.6 Å². The van der Waals surface area contributed by atoms with Crippen LogP contribution in [-0.2, 0) is 11.2 Å². The number of hydrogen-bond acceptors (Lipinski definition) is 2. The third kappa shape index (κ3) is 4.15. The van der Waals surface area contributed by atoms with E-state index in [-0.39, 0.29) is 11.9 Å². The Balaban J connectivity index is 2.66. The second kappa shape index (κ2) is 7.17. The molecule has 0 saturated heterocycles. The molecule has 100 valence electrons. The average molecular weight is 248 g/mol. The van der Waals surface area contributed by atoms with Crippen molar-refractivity contribution in [3.63, 3.8) is 0 Å². The largest absolute Gasteiger partial charge is 0.342 e. The smallest absolute Gasteiger partial charge is 0.223 e. The first kappa shape index (κ1) is 14.7. The van der Waals surface area contributed by atoms with E-state index < -0.39 is 0 Å². The summed E-state index contributed by atoms with van der Waals surface area (Å²) in [5.74, 6) is 0.136. The fourth-order valence-corrected chi connectivity index (χ4v) is 2.05. The van der Waals surface area contributed by atoms with Crippen molar-refractivity contribution in [1.82, 2.24) is 4.90 Å². The van der Waals surface area contributed by atoms with Crippen molar-refractivity contribution < 1.29 is 4.79 Å². The number of likely N-dealkylation sites (N-methyl/N-ethyl adjacent to an activating group) is 1. The highest BCUT2D eigenvalue weighted by Crippen LogP contribution is 2.12. The summed E-state index contributed by atoms with van der Waals surface area (Å²) in [6.45, 7) is 4.62. The Hall–Kier alpha value is -1.35. The standard InChI is InChI=1S/C15H24N2O/c1-4-14(17(3)15(18)9-10-16)11-13-7-5-12(2)6-8-13/h5-8,14H,4,9-11,16H2,1-3H3/t14-/m0/s1. The van der Waals surface area contributed by atoms with Crippen LogP contribution in [0.1, 0.15) is 30.9 Å². The lowest BCUT2D eigenvalue weighted by Crippen LogP contribution is -2.38.